The van der Waals surface area contributed by atoms with Crippen LogP contribution < -0.4 is 5.32 Å². The molecule has 1 aromatic carbocycles. The predicted molar refractivity (Wildman–Crippen MR) is 89.1 cm³/mol. The number of aliphatic hydroxyl groups is 1. The van der Waals surface area contributed by atoms with Crippen LogP contribution >= 0.6 is 0 Å². The number of carbonyl (C=O) groups excluding carboxylic acids is 1. The lowest BCUT2D eigenvalue weighted by atomic mass is 9.94. The Hall–Kier alpha value is -2.08. The molecule has 0 spiro atoms. The summed E-state index contributed by atoms with van der Waals surface area (Å²) in [5, 5.41) is 13.3. The van der Waals surface area contributed by atoms with Crippen LogP contribution in [-0.4, -0.2) is 35.2 Å². The predicted octanol–water partition coefficient (Wildman–Crippen LogP) is 3.18. The monoisotopic (exact) mass is 334 g/mol. The molecule has 1 aromatic heterocycles. The highest BCUT2D eigenvalue weighted by atomic mass is 19.1. The number of rotatable bonds is 3. The molecule has 24 heavy (non-hydrogen) atoms. The Kier molecular flexibility index (Phi) is 4.76. The summed E-state index contributed by atoms with van der Waals surface area (Å²) in [7, 11) is 0. The second-order valence-corrected chi connectivity index (χ2v) is 6.54. The van der Waals surface area contributed by atoms with Crippen molar-refractivity contribution in [3.8, 4) is 0 Å². The number of nitrogens with zero attached hydrogens (tertiary/aromatic N) is 1. The van der Waals surface area contributed by atoms with Crippen molar-refractivity contribution < 1.29 is 18.7 Å². The van der Waals surface area contributed by atoms with Gasteiger partial charge in [-0.15, -0.1) is 0 Å². The summed E-state index contributed by atoms with van der Waals surface area (Å²) >= 11 is 0. The number of fused-ring (bicyclic) bond motifs is 1. The molecule has 0 bridgehead atoms. The van der Waals surface area contributed by atoms with Crippen molar-refractivity contribution in [3.05, 3.63) is 35.3 Å². The van der Waals surface area contributed by atoms with Crippen LogP contribution in [0.2, 0.25) is 0 Å². The molecule has 2 unspecified atom stereocenters. The van der Waals surface area contributed by atoms with E-state index < -0.39 is 6.10 Å². The van der Waals surface area contributed by atoms with Crippen molar-refractivity contribution in [2.24, 2.45) is 5.92 Å². The van der Waals surface area contributed by atoms with E-state index in [1.165, 1.54) is 12.1 Å². The van der Waals surface area contributed by atoms with Crippen LogP contribution in [0.5, 0.6) is 0 Å². The van der Waals surface area contributed by atoms with Crippen molar-refractivity contribution in [1.29, 1.82) is 0 Å². The number of hydrogen-bond acceptors (Lipinski definition) is 3. The third-order valence-corrected chi connectivity index (χ3v) is 4.82. The summed E-state index contributed by atoms with van der Waals surface area (Å²) in [5.41, 5.74) is 1.45. The molecule has 3 rings (SSSR count). The van der Waals surface area contributed by atoms with Crippen LogP contribution in [0.1, 0.15) is 31.1 Å². The molecule has 1 aliphatic heterocycles. The van der Waals surface area contributed by atoms with E-state index in [0.717, 1.165) is 23.8 Å². The van der Waals surface area contributed by atoms with Crippen LogP contribution in [0, 0.1) is 18.7 Å². The van der Waals surface area contributed by atoms with Gasteiger partial charge < -0.3 is 19.7 Å². The topological polar surface area (TPSA) is 65.7 Å². The van der Waals surface area contributed by atoms with Crippen LogP contribution in [0.3, 0.4) is 0 Å². The van der Waals surface area contributed by atoms with Gasteiger partial charge in [-0.05, 0) is 44.9 Å². The van der Waals surface area contributed by atoms with Crippen molar-refractivity contribution in [1.82, 2.24) is 10.2 Å². The zero-order valence-corrected chi connectivity index (χ0v) is 14.0. The van der Waals surface area contributed by atoms with Gasteiger partial charge in [-0.3, -0.25) is 0 Å². The average Bonchev–Trinajstić information content (AvgIpc) is 2.88. The fourth-order valence-corrected chi connectivity index (χ4v) is 3.27. The number of benzene rings is 1. The number of nitrogens with one attached hydrogen (secondary N) is 1. The molecule has 0 saturated carbocycles. The lowest BCUT2D eigenvalue weighted by molar-refractivity contribution is 0.0737. The number of urea groups is 1. The van der Waals surface area contributed by atoms with Gasteiger partial charge in [0.05, 0.1) is 12.6 Å². The number of amides is 2. The van der Waals surface area contributed by atoms with Crippen molar-refractivity contribution in [2.45, 2.75) is 39.3 Å². The fraction of sp³-hybridized carbons (Fsp3) is 0.500. The van der Waals surface area contributed by atoms with Crippen LogP contribution in [0.15, 0.2) is 22.6 Å². The summed E-state index contributed by atoms with van der Waals surface area (Å²) < 4.78 is 19.1. The van der Waals surface area contributed by atoms with Crippen LogP contribution in [-0.2, 0) is 6.54 Å². The largest absolute Gasteiger partial charge is 0.459 e. The van der Waals surface area contributed by atoms with Gasteiger partial charge in [0.15, 0.2) is 0 Å². The second-order valence-electron chi connectivity index (χ2n) is 6.54. The number of aryl methyl sites for hydroxylation is 1. The average molecular weight is 334 g/mol. The number of hydrogen-bond donors (Lipinski definition) is 2. The van der Waals surface area contributed by atoms with Crippen molar-refractivity contribution in [2.75, 3.05) is 13.1 Å². The Morgan fingerprint density at radius 3 is 3.08 bits per heavy atom. The van der Waals surface area contributed by atoms with Gasteiger partial charge in [0.2, 0.25) is 0 Å². The summed E-state index contributed by atoms with van der Waals surface area (Å²) in [6, 6.07) is 4.24. The minimum atomic E-state index is -0.409. The molecular weight excluding hydrogens is 311 g/mol. The molecule has 2 amide bonds. The summed E-state index contributed by atoms with van der Waals surface area (Å²) in [6.07, 6.45) is 1.43. The molecule has 6 heteroatoms. The molecule has 1 aliphatic rings. The Bertz CT molecular complexity index is 741. The van der Waals surface area contributed by atoms with E-state index in [4.69, 9.17) is 4.42 Å². The van der Waals surface area contributed by atoms with Crippen molar-refractivity contribution in [3.63, 3.8) is 0 Å². The smallest absolute Gasteiger partial charge is 0.317 e. The first-order valence-corrected chi connectivity index (χ1v) is 8.34. The molecule has 2 N–H and O–H groups in total. The maximum Gasteiger partial charge on any atom is 0.317 e. The molecule has 2 aromatic rings. The molecule has 2 atom stereocenters. The first-order chi connectivity index (χ1) is 11.5. The Balaban J connectivity index is 1.65. The van der Waals surface area contributed by atoms with Gasteiger partial charge in [0.1, 0.15) is 17.2 Å². The highest BCUT2D eigenvalue weighted by Crippen LogP contribution is 2.26. The van der Waals surface area contributed by atoms with E-state index in [1.54, 1.807) is 17.9 Å². The maximum absolute atomic E-state index is 13.3. The zero-order valence-electron chi connectivity index (χ0n) is 14.0. The zero-order chi connectivity index (χ0) is 17.3. The quantitative estimate of drug-likeness (QED) is 0.906. The van der Waals surface area contributed by atoms with Crippen molar-refractivity contribution >= 4 is 17.0 Å². The van der Waals surface area contributed by atoms with Gasteiger partial charge in [-0.25, -0.2) is 9.18 Å². The third-order valence-electron chi connectivity index (χ3n) is 4.82. The SMILES string of the molecule is Cc1c(CNC(=O)N2CCCC(C(C)O)C2)oc2ccc(F)cc12. The highest BCUT2D eigenvalue weighted by molar-refractivity contribution is 5.82. The number of aliphatic hydroxyl groups excluding tert-OH is 1. The maximum atomic E-state index is 13.3. The van der Waals surface area contributed by atoms with Crippen LogP contribution in [0.25, 0.3) is 11.0 Å². The number of likely N-dealkylation sites (tertiary alicyclic amines) is 1. The lowest BCUT2D eigenvalue weighted by Crippen LogP contribution is -2.47. The Morgan fingerprint density at radius 2 is 2.33 bits per heavy atom. The molecule has 130 valence electrons. The number of halogens is 1. The molecule has 1 fully saturated rings. The first kappa shape index (κ1) is 16.8. The first-order valence-electron chi connectivity index (χ1n) is 8.34. The fourth-order valence-electron chi connectivity index (χ4n) is 3.27. The summed E-state index contributed by atoms with van der Waals surface area (Å²) in [5.74, 6) is 0.452. The van der Waals surface area contributed by atoms with E-state index >= 15 is 0 Å². The summed E-state index contributed by atoms with van der Waals surface area (Å²) in [4.78, 5) is 14.1. The normalized spacial score (nSPS) is 19.5. The molecule has 5 nitrogen and oxygen atoms in total. The number of carbonyl (C=O) groups is 1. The van der Waals surface area contributed by atoms with E-state index in [2.05, 4.69) is 5.32 Å². The lowest BCUT2D eigenvalue weighted by Gasteiger charge is -2.34. The van der Waals surface area contributed by atoms with Gasteiger partial charge in [-0.2, -0.15) is 0 Å². The number of furan rings is 1. The van der Waals surface area contributed by atoms with E-state index in [-0.39, 0.29) is 24.3 Å². The molecule has 1 saturated heterocycles. The standard InChI is InChI=1S/C18H23FN2O3/c1-11-15-8-14(19)5-6-16(15)24-17(11)9-20-18(23)21-7-3-4-13(10-21)12(2)22/h5-6,8,12-13,22H,3-4,7,9-10H2,1-2H3,(H,20,23). The Morgan fingerprint density at radius 1 is 1.54 bits per heavy atom. The highest BCUT2D eigenvalue weighted by Gasteiger charge is 2.26. The van der Waals surface area contributed by atoms with Gasteiger partial charge in [0, 0.05) is 30.0 Å². The minimum Gasteiger partial charge on any atom is -0.459 e. The van der Waals surface area contributed by atoms with E-state index in [0.29, 0.717) is 24.4 Å². The minimum absolute atomic E-state index is 0.125. The van der Waals surface area contributed by atoms with Crippen LogP contribution in [0.4, 0.5) is 9.18 Å². The number of piperidine rings is 1. The van der Waals surface area contributed by atoms with Gasteiger partial charge in [-0.1, -0.05) is 0 Å². The molecule has 0 radical (unpaired) electrons. The Labute approximate surface area is 140 Å². The van der Waals surface area contributed by atoms with Gasteiger partial charge in [0.25, 0.3) is 0 Å². The van der Waals surface area contributed by atoms with E-state index in [9.17, 15) is 14.3 Å². The molecular formula is C18H23FN2O3. The van der Waals surface area contributed by atoms with E-state index in [1.807, 2.05) is 6.92 Å². The summed E-state index contributed by atoms with van der Waals surface area (Å²) in [6.45, 7) is 5.14. The second kappa shape index (κ2) is 6.81. The molecule has 2 heterocycles. The molecule has 0 aliphatic carbocycles. The third kappa shape index (κ3) is 3.38. The van der Waals surface area contributed by atoms with Gasteiger partial charge >= 0.3 is 6.03 Å².